The molecule has 3 aromatic rings. The predicted molar refractivity (Wildman–Crippen MR) is 103 cm³/mol. The van der Waals surface area contributed by atoms with Crippen molar-refractivity contribution in [3.63, 3.8) is 0 Å². The second-order valence-electron chi connectivity index (χ2n) is 6.57. The van der Waals surface area contributed by atoms with Gasteiger partial charge in [-0.25, -0.2) is 13.6 Å². The number of sulfonamides is 1. The Hall–Kier alpha value is -3.15. The number of carbonyl (C=O) groups is 1. The lowest BCUT2D eigenvalue weighted by Gasteiger charge is -2.13. The second-order valence-corrected chi connectivity index (χ2v) is 8.10. The molecule has 0 radical (unpaired) electrons. The van der Waals surface area contributed by atoms with Gasteiger partial charge in [-0.15, -0.1) is 10.2 Å². The fraction of sp³-hybridized carbons (Fsp3) is 0.222. The maximum atomic E-state index is 12.4. The highest BCUT2D eigenvalue weighted by atomic mass is 32.2. The molecule has 0 spiro atoms. The molecular weight excluding hydrogens is 396 g/mol. The van der Waals surface area contributed by atoms with Crippen LogP contribution in [0.2, 0.25) is 0 Å². The molecule has 2 aromatic carbocycles. The lowest BCUT2D eigenvalue weighted by atomic mass is 9.98. The van der Waals surface area contributed by atoms with Gasteiger partial charge < -0.3 is 10.1 Å². The molecule has 1 aromatic heterocycles. The van der Waals surface area contributed by atoms with Crippen LogP contribution < -0.4 is 10.5 Å². The number of H-pyrrole nitrogens is 1. The highest BCUT2D eigenvalue weighted by molar-refractivity contribution is 7.89. The number of nitrogens with one attached hydrogen (secondary N) is 2. The van der Waals surface area contributed by atoms with Crippen LogP contribution in [0, 0.1) is 0 Å². The predicted octanol–water partition coefficient (Wildman–Crippen LogP) is 0.700. The molecule has 2 heterocycles. The number of benzene rings is 2. The van der Waals surface area contributed by atoms with E-state index in [0.29, 0.717) is 29.9 Å². The number of hydrogen-bond acceptors (Lipinski definition) is 7. The first-order valence-electron chi connectivity index (χ1n) is 8.82. The Morgan fingerprint density at radius 1 is 1.21 bits per heavy atom. The normalized spacial score (nSPS) is 16.7. The summed E-state index contributed by atoms with van der Waals surface area (Å²) in [5.74, 6) is -0.0867. The maximum Gasteiger partial charge on any atom is 0.251 e. The molecule has 150 valence electrons. The maximum absolute atomic E-state index is 12.4. The molecule has 1 aliphatic rings. The second kappa shape index (κ2) is 7.70. The summed E-state index contributed by atoms with van der Waals surface area (Å²) < 4.78 is 29.4. The van der Waals surface area contributed by atoms with E-state index in [-0.39, 0.29) is 28.2 Å². The number of aromatic amines is 1. The van der Waals surface area contributed by atoms with E-state index in [4.69, 9.17) is 9.88 Å². The zero-order valence-corrected chi connectivity index (χ0v) is 16.0. The van der Waals surface area contributed by atoms with Crippen LogP contribution in [0.4, 0.5) is 0 Å². The Bertz CT molecular complexity index is 1120. The molecule has 1 amide bonds. The summed E-state index contributed by atoms with van der Waals surface area (Å²) in [6.45, 7) is 1.15. The number of nitrogens with zero attached hydrogens (tertiary/aromatic N) is 3. The standard InChI is InChI=1S/C18H18N6O4S/c19-29(26,27)15-3-1-2-14(16(15)17-21-23-24-22-17)11-4-6-12(7-5-11)18(25)20-13-8-9-28-10-13/h1-7,13H,8-10H2,(H,20,25)(H2,19,26,27)(H,21,22,23,24). The third-order valence-corrected chi connectivity index (χ3v) is 5.58. The summed E-state index contributed by atoms with van der Waals surface area (Å²) in [6, 6.07) is 11.5. The van der Waals surface area contributed by atoms with Gasteiger partial charge in [0, 0.05) is 12.2 Å². The zero-order chi connectivity index (χ0) is 20.4. The van der Waals surface area contributed by atoms with Crippen molar-refractivity contribution < 1.29 is 17.9 Å². The number of ether oxygens (including phenoxy) is 1. The van der Waals surface area contributed by atoms with E-state index in [1.165, 1.54) is 6.07 Å². The first kappa shape index (κ1) is 19.2. The summed E-state index contributed by atoms with van der Waals surface area (Å²) in [4.78, 5) is 12.3. The summed E-state index contributed by atoms with van der Waals surface area (Å²) in [5.41, 5.74) is 1.96. The Labute approximate surface area is 166 Å². The van der Waals surface area contributed by atoms with E-state index < -0.39 is 10.0 Å². The number of rotatable bonds is 5. The summed E-state index contributed by atoms with van der Waals surface area (Å²) >= 11 is 0. The average molecular weight is 414 g/mol. The topological polar surface area (TPSA) is 153 Å². The smallest absolute Gasteiger partial charge is 0.251 e. The van der Waals surface area contributed by atoms with E-state index >= 15 is 0 Å². The van der Waals surface area contributed by atoms with Gasteiger partial charge in [-0.3, -0.25) is 4.79 Å². The molecular formula is C18H18N6O4S. The number of tetrazole rings is 1. The van der Waals surface area contributed by atoms with Crippen molar-refractivity contribution >= 4 is 15.9 Å². The first-order chi connectivity index (χ1) is 13.9. The van der Waals surface area contributed by atoms with Gasteiger partial charge in [0.1, 0.15) is 0 Å². The highest BCUT2D eigenvalue weighted by Crippen LogP contribution is 2.34. The molecule has 1 fully saturated rings. The van der Waals surface area contributed by atoms with Crippen LogP contribution in [0.3, 0.4) is 0 Å². The van der Waals surface area contributed by atoms with Crippen LogP contribution in [0.15, 0.2) is 47.4 Å². The molecule has 11 heteroatoms. The number of carbonyl (C=O) groups excluding carboxylic acids is 1. The van der Waals surface area contributed by atoms with Gasteiger partial charge in [0.05, 0.1) is 23.1 Å². The molecule has 4 N–H and O–H groups in total. The number of nitrogens with two attached hydrogens (primary N) is 1. The third-order valence-electron chi connectivity index (χ3n) is 4.62. The van der Waals surface area contributed by atoms with Gasteiger partial charge >= 0.3 is 0 Å². The van der Waals surface area contributed by atoms with E-state index in [2.05, 4.69) is 25.9 Å². The van der Waals surface area contributed by atoms with Crippen LogP contribution in [-0.2, 0) is 14.8 Å². The SMILES string of the molecule is NS(=O)(=O)c1cccc(-c2ccc(C(=O)NC3CCOC3)cc2)c1-c1nn[nH]n1. The van der Waals surface area contributed by atoms with Crippen molar-refractivity contribution in [2.75, 3.05) is 13.2 Å². The zero-order valence-electron chi connectivity index (χ0n) is 15.2. The molecule has 0 aliphatic carbocycles. The average Bonchev–Trinajstić information content (AvgIpc) is 3.41. The monoisotopic (exact) mass is 414 g/mol. The summed E-state index contributed by atoms with van der Waals surface area (Å²) in [7, 11) is -4.02. The molecule has 4 rings (SSSR count). The highest BCUT2D eigenvalue weighted by Gasteiger charge is 2.23. The van der Waals surface area contributed by atoms with Crippen LogP contribution >= 0.6 is 0 Å². The molecule has 10 nitrogen and oxygen atoms in total. The quantitative estimate of drug-likeness (QED) is 0.555. The van der Waals surface area contributed by atoms with Crippen LogP contribution in [-0.4, -0.2) is 54.2 Å². The molecule has 1 atom stereocenters. The fourth-order valence-electron chi connectivity index (χ4n) is 3.23. The van der Waals surface area contributed by atoms with Gasteiger partial charge in [0.15, 0.2) is 0 Å². The van der Waals surface area contributed by atoms with Crippen molar-refractivity contribution in [1.82, 2.24) is 25.9 Å². The minimum absolute atomic E-state index is 0.0125. The van der Waals surface area contributed by atoms with Crippen molar-refractivity contribution in [3.05, 3.63) is 48.0 Å². The summed E-state index contributed by atoms with van der Waals surface area (Å²) in [6.07, 6.45) is 0.790. The van der Waals surface area contributed by atoms with Crippen LogP contribution in [0.1, 0.15) is 16.8 Å². The van der Waals surface area contributed by atoms with Crippen molar-refractivity contribution in [1.29, 1.82) is 0 Å². The third kappa shape index (κ3) is 4.01. The van der Waals surface area contributed by atoms with Gasteiger partial charge in [-0.05, 0) is 41.0 Å². The number of primary sulfonamides is 1. The minimum Gasteiger partial charge on any atom is -0.379 e. The van der Waals surface area contributed by atoms with Gasteiger partial charge in [0.2, 0.25) is 15.8 Å². The van der Waals surface area contributed by atoms with Crippen molar-refractivity contribution in [2.24, 2.45) is 5.14 Å². The summed E-state index contributed by atoms with van der Waals surface area (Å²) in [5, 5.41) is 21.9. The van der Waals surface area contributed by atoms with Crippen LogP contribution in [0.5, 0.6) is 0 Å². The minimum atomic E-state index is -4.02. The van der Waals surface area contributed by atoms with Crippen molar-refractivity contribution in [3.8, 4) is 22.5 Å². The lowest BCUT2D eigenvalue weighted by molar-refractivity contribution is 0.0930. The Morgan fingerprint density at radius 2 is 2.00 bits per heavy atom. The molecule has 0 saturated carbocycles. The Balaban J connectivity index is 1.71. The molecule has 1 aliphatic heterocycles. The first-order valence-corrected chi connectivity index (χ1v) is 10.4. The van der Waals surface area contributed by atoms with E-state index in [1.54, 1.807) is 36.4 Å². The molecule has 1 unspecified atom stereocenters. The van der Waals surface area contributed by atoms with Crippen LogP contribution in [0.25, 0.3) is 22.5 Å². The lowest BCUT2D eigenvalue weighted by Crippen LogP contribution is -2.34. The van der Waals surface area contributed by atoms with E-state index in [9.17, 15) is 13.2 Å². The van der Waals surface area contributed by atoms with E-state index in [0.717, 1.165) is 6.42 Å². The van der Waals surface area contributed by atoms with Gasteiger partial charge in [0.25, 0.3) is 5.91 Å². The van der Waals surface area contributed by atoms with Crippen molar-refractivity contribution in [2.45, 2.75) is 17.4 Å². The molecule has 0 bridgehead atoms. The number of aromatic nitrogens is 4. The van der Waals surface area contributed by atoms with E-state index in [1.807, 2.05) is 0 Å². The molecule has 29 heavy (non-hydrogen) atoms. The number of amides is 1. The number of hydrogen-bond donors (Lipinski definition) is 3. The molecule has 1 saturated heterocycles. The van der Waals surface area contributed by atoms with Gasteiger partial charge in [-0.2, -0.15) is 5.21 Å². The fourth-order valence-corrected chi connectivity index (χ4v) is 3.98. The Kier molecular flexibility index (Phi) is 5.09. The largest absolute Gasteiger partial charge is 0.379 e. The Morgan fingerprint density at radius 3 is 2.62 bits per heavy atom. The van der Waals surface area contributed by atoms with Gasteiger partial charge in [-0.1, -0.05) is 24.3 Å².